The summed E-state index contributed by atoms with van der Waals surface area (Å²) in [6.45, 7) is 7.36. The van der Waals surface area contributed by atoms with Crippen LogP contribution in [0.2, 0.25) is 0 Å². The Morgan fingerprint density at radius 3 is 2.45 bits per heavy atom. The maximum Gasteiger partial charge on any atom is 0.251 e. The SMILES string of the molecule is CC[NH+]1CCN(C(=O)CCNC(=O)c2ccc(Br)cc2)CC1. The summed E-state index contributed by atoms with van der Waals surface area (Å²) in [4.78, 5) is 27.5. The van der Waals surface area contributed by atoms with Crippen LogP contribution in [-0.4, -0.2) is 56.0 Å². The van der Waals surface area contributed by atoms with Crippen LogP contribution >= 0.6 is 15.9 Å². The molecule has 0 radical (unpaired) electrons. The summed E-state index contributed by atoms with van der Waals surface area (Å²) in [5.74, 6) is -0.00759. The van der Waals surface area contributed by atoms with E-state index >= 15 is 0 Å². The lowest BCUT2D eigenvalue weighted by Crippen LogP contribution is -3.14. The average molecular weight is 369 g/mol. The molecule has 6 heteroatoms. The zero-order valence-corrected chi connectivity index (χ0v) is 14.5. The molecule has 1 saturated heterocycles. The number of hydrogen-bond donors (Lipinski definition) is 2. The number of quaternary nitrogens is 1. The Bertz CT molecular complexity index is 511. The first-order valence-electron chi connectivity index (χ1n) is 7.75. The van der Waals surface area contributed by atoms with Gasteiger partial charge in [0.1, 0.15) is 0 Å². The van der Waals surface area contributed by atoms with Gasteiger partial charge in [-0.25, -0.2) is 0 Å². The van der Waals surface area contributed by atoms with E-state index in [9.17, 15) is 9.59 Å². The number of rotatable bonds is 5. The van der Waals surface area contributed by atoms with Crippen molar-refractivity contribution in [3.8, 4) is 0 Å². The lowest BCUT2D eigenvalue weighted by atomic mass is 10.2. The van der Waals surface area contributed by atoms with Crippen LogP contribution in [-0.2, 0) is 4.79 Å². The molecule has 2 rings (SSSR count). The van der Waals surface area contributed by atoms with Crippen molar-refractivity contribution >= 4 is 27.7 Å². The summed E-state index contributed by atoms with van der Waals surface area (Å²) >= 11 is 3.34. The number of nitrogens with one attached hydrogen (secondary N) is 2. The molecule has 22 heavy (non-hydrogen) atoms. The Morgan fingerprint density at radius 1 is 1.23 bits per heavy atom. The minimum Gasteiger partial charge on any atom is -0.352 e. The zero-order chi connectivity index (χ0) is 15.9. The minimum absolute atomic E-state index is 0.131. The average Bonchev–Trinajstić information content (AvgIpc) is 2.55. The van der Waals surface area contributed by atoms with Gasteiger partial charge in [0, 0.05) is 23.0 Å². The van der Waals surface area contributed by atoms with Crippen LogP contribution in [0.3, 0.4) is 0 Å². The van der Waals surface area contributed by atoms with E-state index in [2.05, 4.69) is 28.2 Å². The third kappa shape index (κ3) is 4.81. The van der Waals surface area contributed by atoms with E-state index in [1.54, 1.807) is 17.0 Å². The van der Waals surface area contributed by atoms with E-state index in [0.29, 0.717) is 18.5 Å². The van der Waals surface area contributed by atoms with Crippen molar-refractivity contribution in [2.45, 2.75) is 13.3 Å². The van der Waals surface area contributed by atoms with Crippen LogP contribution < -0.4 is 10.2 Å². The van der Waals surface area contributed by atoms with Gasteiger partial charge in [0.15, 0.2) is 0 Å². The number of likely N-dealkylation sites (N-methyl/N-ethyl adjacent to an activating group) is 1. The van der Waals surface area contributed by atoms with Crippen LogP contribution in [0.1, 0.15) is 23.7 Å². The van der Waals surface area contributed by atoms with Gasteiger partial charge in [0.25, 0.3) is 5.91 Å². The Kier molecular flexibility index (Phi) is 6.39. The molecular formula is C16H23BrN3O2+. The first-order valence-corrected chi connectivity index (χ1v) is 8.54. The number of carbonyl (C=O) groups excluding carboxylic acids is 2. The lowest BCUT2D eigenvalue weighted by Gasteiger charge is -2.31. The molecule has 1 aliphatic heterocycles. The molecule has 120 valence electrons. The highest BCUT2D eigenvalue weighted by atomic mass is 79.9. The van der Waals surface area contributed by atoms with E-state index in [1.807, 2.05) is 17.0 Å². The Labute approximate surface area is 139 Å². The molecule has 1 aromatic carbocycles. The highest BCUT2D eigenvalue weighted by Crippen LogP contribution is 2.10. The number of hydrogen-bond acceptors (Lipinski definition) is 2. The van der Waals surface area contributed by atoms with Gasteiger partial charge in [-0.3, -0.25) is 9.59 Å². The molecule has 2 N–H and O–H groups in total. The normalized spacial score (nSPS) is 15.6. The molecule has 0 saturated carbocycles. The highest BCUT2D eigenvalue weighted by Gasteiger charge is 2.22. The molecule has 2 amide bonds. The summed E-state index contributed by atoms with van der Waals surface area (Å²) in [6, 6.07) is 7.17. The van der Waals surface area contributed by atoms with Crippen LogP contribution in [0.4, 0.5) is 0 Å². The predicted molar refractivity (Wildman–Crippen MR) is 88.9 cm³/mol. The molecule has 1 heterocycles. The Balaban J connectivity index is 1.71. The van der Waals surface area contributed by atoms with Crippen molar-refractivity contribution in [2.75, 3.05) is 39.3 Å². The summed E-state index contributed by atoms with van der Waals surface area (Å²) < 4.78 is 0.938. The fourth-order valence-corrected chi connectivity index (χ4v) is 2.83. The number of piperazine rings is 1. The van der Waals surface area contributed by atoms with E-state index in [-0.39, 0.29) is 11.8 Å². The van der Waals surface area contributed by atoms with Crippen molar-refractivity contribution in [3.63, 3.8) is 0 Å². The predicted octanol–water partition coefficient (Wildman–Crippen LogP) is 0.316. The molecular weight excluding hydrogens is 346 g/mol. The topological polar surface area (TPSA) is 53.9 Å². The van der Waals surface area contributed by atoms with Gasteiger partial charge in [-0.2, -0.15) is 0 Å². The van der Waals surface area contributed by atoms with Gasteiger partial charge in [-0.05, 0) is 31.2 Å². The zero-order valence-electron chi connectivity index (χ0n) is 12.9. The Hall–Kier alpha value is -1.40. The van der Waals surface area contributed by atoms with Crippen molar-refractivity contribution in [1.82, 2.24) is 10.2 Å². The molecule has 0 unspecified atom stereocenters. The first-order chi connectivity index (χ1) is 10.6. The second kappa shape index (κ2) is 8.29. The maximum absolute atomic E-state index is 12.1. The van der Waals surface area contributed by atoms with E-state index in [1.165, 1.54) is 0 Å². The third-order valence-corrected chi connectivity index (χ3v) is 4.58. The van der Waals surface area contributed by atoms with E-state index in [4.69, 9.17) is 0 Å². The number of carbonyl (C=O) groups is 2. The number of benzene rings is 1. The summed E-state index contributed by atoms with van der Waals surface area (Å²) in [7, 11) is 0. The summed E-state index contributed by atoms with van der Waals surface area (Å²) in [5, 5.41) is 2.80. The quantitative estimate of drug-likeness (QED) is 0.786. The molecule has 1 aromatic rings. The molecule has 0 atom stereocenters. The van der Waals surface area contributed by atoms with Gasteiger partial charge in [-0.15, -0.1) is 0 Å². The van der Waals surface area contributed by atoms with Crippen molar-refractivity contribution in [1.29, 1.82) is 0 Å². The van der Waals surface area contributed by atoms with Crippen molar-refractivity contribution < 1.29 is 14.5 Å². The van der Waals surface area contributed by atoms with Crippen LogP contribution in [0, 0.1) is 0 Å². The van der Waals surface area contributed by atoms with E-state index in [0.717, 1.165) is 37.2 Å². The minimum atomic E-state index is -0.138. The fraction of sp³-hybridized carbons (Fsp3) is 0.500. The number of halogens is 1. The van der Waals surface area contributed by atoms with Crippen molar-refractivity contribution in [3.05, 3.63) is 34.3 Å². The second-order valence-electron chi connectivity index (χ2n) is 5.50. The molecule has 1 fully saturated rings. The number of amides is 2. The van der Waals surface area contributed by atoms with Gasteiger partial charge in [0.2, 0.25) is 5.91 Å². The second-order valence-corrected chi connectivity index (χ2v) is 6.41. The number of nitrogens with zero attached hydrogens (tertiary/aromatic N) is 1. The van der Waals surface area contributed by atoms with Gasteiger partial charge in [0.05, 0.1) is 32.7 Å². The van der Waals surface area contributed by atoms with Gasteiger partial charge < -0.3 is 15.1 Å². The molecule has 0 aliphatic carbocycles. The smallest absolute Gasteiger partial charge is 0.251 e. The van der Waals surface area contributed by atoms with Crippen LogP contribution in [0.5, 0.6) is 0 Å². The van der Waals surface area contributed by atoms with Gasteiger partial charge >= 0.3 is 0 Å². The highest BCUT2D eigenvalue weighted by molar-refractivity contribution is 9.10. The molecule has 0 spiro atoms. The molecule has 5 nitrogen and oxygen atoms in total. The maximum atomic E-state index is 12.1. The van der Waals surface area contributed by atoms with Crippen LogP contribution in [0.25, 0.3) is 0 Å². The lowest BCUT2D eigenvalue weighted by molar-refractivity contribution is -0.902. The van der Waals surface area contributed by atoms with Gasteiger partial charge in [-0.1, -0.05) is 15.9 Å². The Morgan fingerprint density at radius 2 is 1.86 bits per heavy atom. The largest absolute Gasteiger partial charge is 0.352 e. The first kappa shape index (κ1) is 17.0. The summed E-state index contributed by atoms with van der Waals surface area (Å²) in [5.41, 5.74) is 0.607. The standard InChI is InChI=1S/C16H22BrN3O2/c1-2-19-9-11-20(12-10-19)15(21)7-8-18-16(22)13-3-5-14(17)6-4-13/h3-6H,2,7-12H2,1H3,(H,18,22)/p+1. The molecule has 0 aromatic heterocycles. The molecule has 0 bridgehead atoms. The van der Waals surface area contributed by atoms with Crippen LogP contribution in [0.15, 0.2) is 28.7 Å². The summed E-state index contributed by atoms with van der Waals surface area (Å²) in [6.07, 6.45) is 0.365. The molecule has 1 aliphatic rings. The third-order valence-electron chi connectivity index (χ3n) is 4.05. The van der Waals surface area contributed by atoms with E-state index < -0.39 is 0 Å². The monoisotopic (exact) mass is 368 g/mol. The fourth-order valence-electron chi connectivity index (χ4n) is 2.57. The van der Waals surface area contributed by atoms with Crippen molar-refractivity contribution in [2.24, 2.45) is 0 Å².